The zero-order valence-electron chi connectivity index (χ0n) is 14.4. The molecule has 128 valence electrons. The number of carbonyl (C=O) groups excluding carboxylic acids is 1. The lowest BCUT2D eigenvalue weighted by molar-refractivity contribution is -0.139. The van der Waals surface area contributed by atoms with Crippen LogP contribution < -0.4 is 4.74 Å². The lowest BCUT2D eigenvalue weighted by Crippen LogP contribution is -2.36. The average molecular weight is 319 g/mol. The van der Waals surface area contributed by atoms with E-state index >= 15 is 0 Å². The van der Waals surface area contributed by atoms with Gasteiger partial charge in [-0.25, -0.2) is 0 Å². The molecule has 0 radical (unpaired) electrons. The second-order valence-electron chi connectivity index (χ2n) is 6.29. The number of aryl methyl sites for hydroxylation is 1. The van der Waals surface area contributed by atoms with Gasteiger partial charge >= 0.3 is 5.97 Å². The van der Waals surface area contributed by atoms with Gasteiger partial charge in [0.25, 0.3) is 0 Å². The van der Waals surface area contributed by atoms with Crippen LogP contribution in [0.5, 0.6) is 5.75 Å². The molecule has 0 spiro atoms. The number of benzene rings is 1. The third kappa shape index (κ3) is 6.32. The van der Waals surface area contributed by atoms with Gasteiger partial charge in [-0.2, -0.15) is 0 Å². The van der Waals surface area contributed by atoms with Crippen molar-refractivity contribution in [2.75, 3.05) is 32.8 Å². The molecule has 1 aliphatic heterocycles. The highest BCUT2D eigenvalue weighted by Crippen LogP contribution is 2.19. The van der Waals surface area contributed by atoms with Crippen LogP contribution in [0.3, 0.4) is 0 Å². The van der Waals surface area contributed by atoms with E-state index in [1.807, 2.05) is 31.2 Å². The average Bonchev–Trinajstić information content (AvgIpc) is 2.56. The van der Waals surface area contributed by atoms with E-state index in [1.165, 1.54) is 0 Å². The number of hydrogen-bond acceptors (Lipinski definition) is 4. The van der Waals surface area contributed by atoms with Crippen LogP contribution in [0.25, 0.3) is 0 Å². The standard InChI is InChI=1S/C19H29NO3/c1-3-17(8-4-5-10-20-11-13-22-14-12-20)19(21)23-18-9-6-7-16(2)15-18/h6-7,9,15,17H,3-5,8,10-14H2,1-2H3. The van der Waals surface area contributed by atoms with Crippen molar-refractivity contribution in [3.63, 3.8) is 0 Å². The first-order valence-corrected chi connectivity index (χ1v) is 8.77. The Morgan fingerprint density at radius 1 is 1.30 bits per heavy atom. The van der Waals surface area contributed by atoms with Crippen LogP contribution >= 0.6 is 0 Å². The molecule has 1 saturated heterocycles. The number of nitrogens with zero attached hydrogens (tertiary/aromatic N) is 1. The highest BCUT2D eigenvalue weighted by atomic mass is 16.5. The van der Waals surface area contributed by atoms with Crippen molar-refractivity contribution < 1.29 is 14.3 Å². The minimum absolute atomic E-state index is 0.000186. The minimum Gasteiger partial charge on any atom is -0.426 e. The number of carbonyl (C=O) groups is 1. The number of esters is 1. The summed E-state index contributed by atoms with van der Waals surface area (Å²) >= 11 is 0. The fourth-order valence-corrected chi connectivity index (χ4v) is 2.92. The molecule has 2 rings (SSSR count). The van der Waals surface area contributed by atoms with Crippen molar-refractivity contribution in [2.24, 2.45) is 5.92 Å². The summed E-state index contributed by atoms with van der Waals surface area (Å²) in [6, 6.07) is 7.67. The third-order valence-corrected chi connectivity index (χ3v) is 4.41. The SMILES string of the molecule is CCC(CCCCN1CCOCC1)C(=O)Oc1cccc(C)c1. The second kappa shape index (κ2) is 9.68. The summed E-state index contributed by atoms with van der Waals surface area (Å²) in [6.07, 6.45) is 3.95. The Labute approximate surface area is 139 Å². The molecule has 4 nitrogen and oxygen atoms in total. The molecule has 1 atom stereocenters. The molecule has 0 amide bonds. The molecule has 1 aromatic rings. The van der Waals surface area contributed by atoms with E-state index in [4.69, 9.17) is 9.47 Å². The van der Waals surface area contributed by atoms with Gasteiger partial charge in [-0.3, -0.25) is 9.69 Å². The molecule has 1 fully saturated rings. The number of morpholine rings is 1. The van der Waals surface area contributed by atoms with Crippen LogP contribution in [0, 0.1) is 12.8 Å². The third-order valence-electron chi connectivity index (χ3n) is 4.41. The lowest BCUT2D eigenvalue weighted by Gasteiger charge is -2.26. The van der Waals surface area contributed by atoms with Crippen molar-refractivity contribution >= 4 is 5.97 Å². The van der Waals surface area contributed by atoms with E-state index < -0.39 is 0 Å². The maximum atomic E-state index is 12.3. The quantitative estimate of drug-likeness (QED) is 0.418. The summed E-state index contributed by atoms with van der Waals surface area (Å²) < 4.78 is 10.9. The lowest BCUT2D eigenvalue weighted by atomic mass is 9.99. The normalized spacial score (nSPS) is 17.0. The molecule has 23 heavy (non-hydrogen) atoms. The van der Waals surface area contributed by atoms with Gasteiger partial charge in [0.1, 0.15) is 5.75 Å². The molecule has 1 heterocycles. The molecular formula is C19H29NO3. The fourth-order valence-electron chi connectivity index (χ4n) is 2.92. The Morgan fingerprint density at radius 2 is 2.09 bits per heavy atom. The largest absolute Gasteiger partial charge is 0.426 e. The van der Waals surface area contributed by atoms with Gasteiger partial charge < -0.3 is 9.47 Å². The summed E-state index contributed by atoms with van der Waals surface area (Å²) in [7, 11) is 0. The fraction of sp³-hybridized carbons (Fsp3) is 0.632. The van der Waals surface area contributed by atoms with E-state index in [9.17, 15) is 4.79 Å². The van der Waals surface area contributed by atoms with E-state index in [0.29, 0.717) is 5.75 Å². The van der Waals surface area contributed by atoms with Crippen molar-refractivity contribution in [1.29, 1.82) is 0 Å². The molecule has 1 aliphatic rings. The summed E-state index contributed by atoms with van der Waals surface area (Å²) in [6.45, 7) is 8.93. The van der Waals surface area contributed by atoms with Crippen molar-refractivity contribution in [1.82, 2.24) is 4.90 Å². The van der Waals surface area contributed by atoms with Crippen LogP contribution in [0.15, 0.2) is 24.3 Å². The predicted molar refractivity (Wildman–Crippen MR) is 91.7 cm³/mol. The molecule has 1 aromatic carbocycles. The maximum Gasteiger partial charge on any atom is 0.314 e. The number of rotatable bonds is 8. The molecule has 1 unspecified atom stereocenters. The van der Waals surface area contributed by atoms with Crippen molar-refractivity contribution in [3.05, 3.63) is 29.8 Å². The first-order valence-electron chi connectivity index (χ1n) is 8.77. The van der Waals surface area contributed by atoms with Gasteiger partial charge in [-0.1, -0.05) is 25.5 Å². The summed E-state index contributed by atoms with van der Waals surface area (Å²) in [4.78, 5) is 14.7. The van der Waals surface area contributed by atoms with E-state index in [-0.39, 0.29) is 11.9 Å². The minimum atomic E-state index is -0.0931. The Hall–Kier alpha value is -1.39. The highest BCUT2D eigenvalue weighted by Gasteiger charge is 2.19. The highest BCUT2D eigenvalue weighted by molar-refractivity contribution is 5.75. The molecule has 0 aliphatic carbocycles. The zero-order valence-corrected chi connectivity index (χ0v) is 14.4. The Balaban J connectivity index is 1.70. The number of ether oxygens (including phenoxy) is 2. The second-order valence-corrected chi connectivity index (χ2v) is 6.29. The Bertz CT molecular complexity index is 483. The zero-order chi connectivity index (χ0) is 16.5. The topological polar surface area (TPSA) is 38.8 Å². The smallest absolute Gasteiger partial charge is 0.314 e. The van der Waals surface area contributed by atoms with Crippen molar-refractivity contribution in [2.45, 2.75) is 39.5 Å². The molecule has 0 N–H and O–H groups in total. The predicted octanol–water partition coefficient (Wildman–Crippen LogP) is 3.43. The summed E-state index contributed by atoms with van der Waals surface area (Å²) in [5.41, 5.74) is 1.11. The Kier molecular flexibility index (Phi) is 7.56. The van der Waals surface area contributed by atoms with Gasteiger partial charge in [-0.05, 0) is 50.4 Å². The van der Waals surface area contributed by atoms with Crippen LogP contribution in [-0.4, -0.2) is 43.7 Å². The number of unbranched alkanes of at least 4 members (excludes halogenated alkanes) is 1. The first-order chi connectivity index (χ1) is 11.2. The molecular weight excluding hydrogens is 290 g/mol. The molecule has 4 heteroatoms. The van der Waals surface area contributed by atoms with Gasteiger partial charge in [0.2, 0.25) is 0 Å². The summed E-state index contributed by atoms with van der Waals surface area (Å²) in [5, 5.41) is 0. The van der Waals surface area contributed by atoms with Crippen LogP contribution in [0.4, 0.5) is 0 Å². The molecule has 0 saturated carbocycles. The molecule has 0 bridgehead atoms. The van der Waals surface area contributed by atoms with E-state index in [0.717, 1.165) is 64.1 Å². The maximum absolute atomic E-state index is 12.3. The first kappa shape index (κ1) is 18.0. The van der Waals surface area contributed by atoms with Gasteiger partial charge in [-0.15, -0.1) is 0 Å². The van der Waals surface area contributed by atoms with Gasteiger partial charge in [0.05, 0.1) is 19.1 Å². The van der Waals surface area contributed by atoms with Gasteiger partial charge in [0.15, 0.2) is 0 Å². The number of hydrogen-bond donors (Lipinski definition) is 0. The molecule has 0 aromatic heterocycles. The van der Waals surface area contributed by atoms with E-state index in [2.05, 4.69) is 11.8 Å². The van der Waals surface area contributed by atoms with E-state index in [1.54, 1.807) is 0 Å². The van der Waals surface area contributed by atoms with Crippen LogP contribution in [0.2, 0.25) is 0 Å². The summed E-state index contributed by atoms with van der Waals surface area (Å²) in [5.74, 6) is 0.562. The van der Waals surface area contributed by atoms with Crippen LogP contribution in [0.1, 0.15) is 38.2 Å². The van der Waals surface area contributed by atoms with Gasteiger partial charge in [0, 0.05) is 13.1 Å². The van der Waals surface area contributed by atoms with Crippen LogP contribution in [-0.2, 0) is 9.53 Å². The Morgan fingerprint density at radius 3 is 2.78 bits per heavy atom. The van der Waals surface area contributed by atoms with Crippen molar-refractivity contribution in [3.8, 4) is 5.75 Å². The monoisotopic (exact) mass is 319 g/mol.